The minimum atomic E-state index is -1.07. The number of carbonyl (C=O) groups excluding carboxylic acids is 1. The average molecular weight is 208 g/mol. The van der Waals surface area contributed by atoms with Crippen LogP contribution in [0, 0.1) is 6.92 Å². The minimum Gasteiger partial charge on any atom is -0.480 e. The number of carbonyl (C=O) groups is 2. The van der Waals surface area contributed by atoms with Crippen LogP contribution in [0.15, 0.2) is 18.3 Å². The predicted molar refractivity (Wildman–Crippen MR) is 53.5 cm³/mol. The molecule has 1 heterocycles. The Morgan fingerprint density at radius 2 is 2.13 bits per heavy atom. The van der Waals surface area contributed by atoms with Crippen LogP contribution in [-0.2, 0) is 4.79 Å². The number of hydrogen-bond acceptors (Lipinski definition) is 3. The number of hydrogen-bond donors (Lipinski definition) is 2. The van der Waals surface area contributed by atoms with Gasteiger partial charge in [-0.3, -0.25) is 14.6 Å². The van der Waals surface area contributed by atoms with Crippen molar-refractivity contribution in [1.82, 2.24) is 10.3 Å². The second-order valence-corrected chi connectivity index (χ2v) is 3.22. The van der Waals surface area contributed by atoms with E-state index in [1.54, 1.807) is 12.1 Å². The lowest BCUT2D eigenvalue weighted by atomic mass is 10.2. The molecule has 1 aromatic heterocycles. The van der Waals surface area contributed by atoms with E-state index in [0.29, 0.717) is 5.56 Å². The Labute approximate surface area is 87.1 Å². The molecule has 0 aliphatic rings. The number of aromatic nitrogens is 1. The lowest BCUT2D eigenvalue weighted by Gasteiger charge is -2.08. The van der Waals surface area contributed by atoms with Crippen LogP contribution in [0.5, 0.6) is 0 Å². The zero-order chi connectivity index (χ0) is 11.4. The lowest BCUT2D eigenvalue weighted by Crippen LogP contribution is -2.38. The molecule has 15 heavy (non-hydrogen) atoms. The van der Waals surface area contributed by atoms with Gasteiger partial charge in [0.05, 0.1) is 5.56 Å². The molecular formula is C10H12N2O3. The quantitative estimate of drug-likeness (QED) is 0.762. The van der Waals surface area contributed by atoms with Crippen LogP contribution in [0.2, 0.25) is 0 Å². The molecule has 0 spiro atoms. The maximum absolute atomic E-state index is 11.5. The number of amides is 1. The highest BCUT2D eigenvalue weighted by Gasteiger charge is 2.14. The van der Waals surface area contributed by atoms with E-state index in [9.17, 15) is 9.59 Å². The summed E-state index contributed by atoms with van der Waals surface area (Å²) in [6.45, 7) is 3.21. The van der Waals surface area contributed by atoms with Gasteiger partial charge in [-0.1, -0.05) is 0 Å². The number of rotatable bonds is 3. The summed E-state index contributed by atoms with van der Waals surface area (Å²) in [5.74, 6) is -1.50. The molecule has 0 aliphatic carbocycles. The fraction of sp³-hybridized carbons (Fsp3) is 0.300. The zero-order valence-corrected chi connectivity index (χ0v) is 8.52. The molecule has 0 aliphatic heterocycles. The molecule has 1 aromatic rings. The molecule has 0 saturated carbocycles. The van der Waals surface area contributed by atoms with Gasteiger partial charge >= 0.3 is 5.97 Å². The fourth-order valence-electron chi connectivity index (χ4n) is 0.944. The number of nitrogens with zero attached hydrogens (tertiary/aromatic N) is 1. The normalized spacial score (nSPS) is 11.9. The van der Waals surface area contributed by atoms with E-state index in [1.807, 2.05) is 6.92 Å². The highest BCUT2D eigenvalue weighted by Crippen LogP contribution is 1.99. The van der Waals surface area contributed by atoms with Crippen molar-refractivity contribution in [3.63, 3.8) is 0 Å². The number of aryl methyl sites for hydroxylation is 1. The van der Waals surface area contributed by atoms with Crippen LogP contribution in [0.25, 0.3) is 0 Å². The van der Waals surface area contributed by atoms with Crippen LogP contribution in [0.1, 0.15) is 23.0 Å². The van der Waals surface area contributed by atoms with Crippen LogP contribution < -0.4 is 5.32 Å². The lowest BCUT2D eigenvalue weighted by molar-refractivity contribution is -0.138. The monoisotopic (exact) mass is 208 g/mol. The maximum atomic E-state index is 11.5. The first-order valence-corrected chi connectivity index (χ1v) is 4.47. The first-order chi connectivity index (χ1) is 7.00. The van der Waals surface area contributed by atoms with Gasteiger partial charge in [0.15, 0.2) is 0 Å². The number of nitrogens with one attached hydrogen (secondary N) is 1. The second kappa shape index (κ2) is 4.54. The van der Waals surface area contributed by atoms with Gasteiger partial charge in [-0.15, -0.1) is 0 Å². The van der Waals surface area contributed by atoms with Crippen molar-refractivity contribution < 1.29 is 14.7 Å². The summed E-state index contributed by atoms with van der Waals surface area (Å²) in [5, 5.41) is 10.9. The molecule has 5 nitrogen and oxygen atoms in total. The Bertz CT molecular complexity index is 373. The number of carboxylic acids is 1. The molecule has 5 heteroatoms. The first-order valence-electron chi connectivity index (χ1n) is 4.47. The van der Waals surface area contributed by atoms with Crippen molar-refractivity contribution >= 4 is 11.9 Å². The van der Waals surface area contributed by atoms with Crippen molar-refractivity contribution in [1.29, 1.82) is 0 Å². The van der Waals surface area contributed by atoms with Gasteiger partial charge in [-0.2, -0.15) is 0 Å². The summed E-state index contributed by atoms with van der Waals surface area (Å²) in [7, 11) is 0. The fourth-order valence-corrected chi connectivity index (χ4v) is 0.944. The van der Waals surface area contributed by atoms with E-state index < -0.39 is 17.9 Å². The van der Waals surface area contributed by atoms with Crippen molar-refractivity contribution in [3.05, 3.63) is 29.6 Å². The number of carboxylic acid groups (broad SMARTS) is 1. The summed E-state index contributed by atoms with van der Waals surface area (Å²) < 4.78 is 0. The van der Waals surface area contributed by atoms with Crippen LogP contribution in [0.3, 0.4) is 0 Å². The van der Waals surface area contributed by atoms with Crippen molar-refractivity contribution in [2.24, 2.45) is 0 Å². The third-order valence-electron chi connectivity index (χ3n) is 1.89. The average Bonchev–Trinajstić information content (AvgIpc) is 2.18. The summed E-state index contributed by atoms with van der Waals surface area (Å²) in [5.41, 5.74) is 1.16. The summed E-state index contributed by atoms with van der Waals surface area (Å²) >= 11 is 0. The summed E-state index contributed by atoms with van der Waals surface area (Å²) in [6, 6.07) is 2.39. The van der Waals surface area contributed by atoms with Crippen LogP contribution >= 0.6 is 0 Å². The Morgan fingerprint density at radius 3 is 2.60 bits per heavy atom. The van der Waals surface area contributed by atoms with Crippen molar-refractivity contribution in [2.45, 2.75) is 19.9 Å². The molecule has 2 N–H and O–H groups in total. The van der Waals surface area contributed by atoms with Crippen LogP contribution in [0.4, 0.5) is 0 Å². The van der Waals surface area contributed by atoms with E-state index in [0.717, 1.165) is 5.69 Å². The van der Waals surface area contributed by atoms with Crippen molar-refractivity contribution in [3.8, 4) is 0 Å². The molecule has 0 bridgehead atoms. The summed E-state index contributed by atoms with van der Waals surface area (Å²) in [6.07, 6.45) is 1.42. The van der Waals surface area contributed by atoms with Crippen molar-refractivity contribution in [2.75, 3.05) is 0 Å². The number of aliphatic carboxylic acids is 1. The Kier molecular flexibility index (Phi) is 3.38. The van der Waals surface area contributed by atoms with E-state index >= 15 is 0 Å². The van der Waals surface area contributed by atoms with E-state index in [2.05, 4.69) is 10.3 Å². The minimum absolute atomic E-state index is 0.355. The third-order valence-corrected chi connectivity index (χ3v) is 1.89. The maximum Gasteiger partial charge on any atom is 0.325 e. The van der Waals surface area contributed by atoms with E-state index in [4.69, 9.17) is 5.11 Å². The highest BCUT2D eigenvalue weighted by atomic mass is 16.4. The van der Waals surface area contributed by atoms with E-state index in [-0.39, 0.29) is 0 Å². The SMILES string of the molecule is Cc1ccc(C(=O)N[C@@H](C)C(=O)O)cn1. The molecule has 1 atom stereocenters. The molecular weight excluding hydrogens is 196 g/mol. The molecule has 1 amide bonds. The Balaban J connectivity index is 2.69. The molecule has 0 fully saturated rings. The van der Waals surface area contributed by atoms with Crippen LogP contribution in [-0.4, -0.2) is 28.0 Å². The van der Waals surface area contributed by atoms with Gasteiger partial charge in [0, 0.05) is 11.9 Å². The van der Waals surface area contributed by atoms with Gasteiger partial charge in [-0.05, 0) is 26.0 Å². The molecule has 0 aromatic carbocycles. The molecule has 1 rings (SSSR count). The Morgan fingerprint density at radius 1 is 1.47 bits per heavy atom. The molecule has 0 radical (unpaired) electrons. The van der Waals surface area contributed by atoms with Gasteiger partial charge in [0.1, 0.15) is 6.04 Å². The molecule has 0 saturated heterocycles. The number of pyridine rings is 1. The highest BCUT2D eigenvalue weighted by molar-refractivity contribution is 5.96. The van der Waals surface area contributed by atoms with Gasteiger partial charge in [0.25, 0.3) is 5.91 Å². The van der Waals surface area contributed by atoms with E-state index in [1.165, 1.54) is 13.1 Å². The van der Waals surface area contributed by atoms with Gasteiger partial charge in [0.2, 0.25) is 0 Å². The first kappa shape index (κ1) is 11.2. The topological polar surface area (TPSA) is 79.3 Å². The standard InChI is InChI=1S/C10H12N2O3/c1-6-3-4-8(5-11-6)9(13)12-7(2)10(14)15/h3-5,7H,1-2H3,(H,12,13)(H,14,15)/t7-/m0/s1. The van der Waals surface area contributed by atoms with Gasteiger partial charge < -0.3 is 10.4 Å². The van der Waals surface area contributed by atoms with Gasteiger partial charge in [-0.25, -0.2) is 0 Å². The zero-order valence-electron chi connectivity index (χ0n) is 8.52. The third kappa shape index (κ3) is 3.05. The summed E-state index contributed by atoms with van der Waals surface area (Å²) in [4.78, 5) is 25.9. The largest absolute Gasteiger partial charge is 0.480 e. The smallest absolute Gasteiger partial charge is 0.325 e. The Hall–Kier alpha value is -1.91. The molecule has 0 unspecified atom stereocenters. The molecule has 80 valence electrons. The predicted octanol–water partition coefficient (Wildman–Crippen LogP) is 0.593. The second-order valence-electron chi connectivity index (χ2n) is 3.22.